The van der Waals surface area contributed by atoms with Crippen LogP contribution in [0.15, 0.2) is 114 Å². The van der Waals surface area contributed by atoms with Crippen LogP contribution in [0.25, 0.3) is 6.08 Å². The fraction of sp³-hybridized carbons (Fsp3) is 0.118. The van der Waals surface area contributed by atoms with Crippen molar-refractivity contribution in [3.05, 3.63) is 126 Å². The average molecular weight is 609 g/mol. The van der Waals surface area contributed by atoms with E-state index < -0.39 is 23.0 Å². The minimum absolute atomic E-state index is 0.0316. The topological polar surface area (TPSA) is 140 Å². The summed E-state index contributed by atoms with van der Waals surface area (Å²) in [6.45, 7) is 1.88. The molecule has 0 aromatic heterocycles. The first kappa shape index (κ1) is 31.6. The van der Waals surface area contributed by atoms with E-state index in [1.54, 1.807) is 110 Å². The fourth-order valence-corrected chi connectivity index (χ4v) is 5.21. The highest BCUT2D eigenvalue weighted by Crippen LogP contribution is 2.29. The Morgan fingerprint density at radius 1 is 0.864 bits per heavy atom. The summed E-state index contributed by atoms with van der Waals surface area (Å²) in [4.78, 5) is 52.1. The number of carbonyl (C=O) groups is 4. The largest absolute Gasteiger partial charge is 0.497 e. The first-order valence-electron chi connectivity index (χ1n) is 13.8. The second kappa shape index (κ2) is 15.2. The summed E-state index contributed by atoms with van der Waals surface area (Å²) in [6.07, 6.45) is 2.07. The van der Waals surface area contributed by atoms with Crippen molar-refractivity contribution < 1.29 is 23.9 Å². The maximum atomic E-state index is 13.5. The summed E-state index contributed by atoms with van der Waals surface area (Å²) in [6, 6.07) is 29.3. The fourth-order valence-electron chi connectivity index (χ4n) is 4.19. The van der Waals surface area contributed by atoms with Crippen molar-refractivity contribution in [2.24, 2.45) is 5.73 Å². The number of nitrogens with one attached hydrogen (secondary N) is 3. The zero-order valence-electron chi connectivity index (χ0n) is 24.2. The minimum Gasteiger partial charge on any atom is -0.497 e. The van der Waals surface area contributed by atoms with Crippen LogP contribution in [0, 0.1) is 0 Å². The highest BCUT2D eigenvalue weighted by Gasteiger charge is 2.21. The van der Waals surface area contributed by atoms with Crippen LogP contribution in [0.3, 0.4) is 0 Å². The molecule has 0 bridgehead atoms. The van der Waals surface area contributed by atoms with Gasteiger partial charge in [-0.25, -0.2) is 0 Å². The number of anilines is 2. The number of amides is 4. The first-order valence-corrected chi connectivity index (χ1v) is 14.6. The summed E-state index contributed by atoms with van der Waals surface area (Å²) in [5, 5.41) is 7.88. The number of ether oxygens (including phenoxy) is 1. The predicted octanol–water partition coefficient (Wildman–Crippen LogP) is 5.71. The summed E-state index contributed by atoms with van der Waals surface area (Å²) in [5.41, 5.74) is 7.58. The first-order chi connectivity index (χ1) is 21.3. The lowest BCUT2D eigenvalue weighted by Gasteiger charge is -2.17. The number of carbonyl (C=O) groups excluding carboxylic acids is 4. The second-order valence-corrected chi connectivity index (χ2v) is 10.8. The van der Waals surface area contributed by atoms with Gasteiger partial charge in [0.25, 0.3) is 17.7 Å². The van der Waals surface area contributed by atoms with Gasteiger partial charge in [-0.1, -0.05) is 55.5 Å². The number of para-hydroxylation sites is 1. The molecule has 9 nitrogen and oxygen atoms in total. The number of hydrogen-bond donors (Lipinski definition) is 4. The Kier molecular flexibility index (Phi) is 10.9. The van der Waals surface area contributed by atoms with Crippen LogP contribution < -0.4 is 26.4 Å². The molecule has 0 radical (unpaired) electrons. The molecule has 10 heteroatoms. The summed E-state index contributed by atoms with van der Waals surface area (Å²) >= 11 is 1.32. The maximum Gasteiger partial charge on any atom is 0.272 e. The van der Waals surface area contributed by atoms with Gasteiger partial charge >= 0.3 is 0 Å². The van der Waals surface area contributed by atoms with Crippen molar-refractivity contribution in [2.45, 2.75) is 23.5 Å². The predicted molar refractivity (Wildman–Crippen MR) is 173 cm³/mol. The molecule has 5 N–H and O–H groups in total. The molecule has 0 heterocycles. The smallest absolute Gasteiger partial charge is 0.272 e. The van der Waals surface area contributed by atoms with E-state index in [-0.39, 0.29) is 17.2 Å². The van der Waals surface area contributed by atoms with Crippen LogP contribution >= 0.6 is 11.8 Å². The monoisotopic (exact) mass is 608 g/mol. The van der Waals surface area contributed by atoms with Crippen LogP contribution in [0.1, 0.15) is 39.6 Å². The number of thioether (sulfide) groups is 1. The van der Waals surface area contributed by atoms with Gasteiger partial charge in [-0.3, -0.25) is 19.2 Å². The number of rotatable bonds is 12. The molecule has 4 rings (SSSR count). The molecule has 0 aliphatic rings. The molecule has 1 unspecified atom stereocenters. The Bertz CT molecular complexity index is 1690. The highest BCUT2D eigenvalue weighted by molar-refractivity contribution is 8.00. The standard InChI is InChI=1S/C34H32N4O5S/c1-3-30(34(42)37-28-18-8-7-17-27(28)31(35)39)44-26-16-10-14-24(21-26)36-33(41)29(20-22-11-9-15-25(19-22)43-2)38-32(40)23-12-5-4-6-13-23/h4-21,30H,3H2,1-2H3,(H2,35,39)(H,36,41)(H,37,42)(H,38,40)/b29-20+. The SMILES string of the molecule is CCC(Sc1cccc(NC(=O)/C(=C\c2cccc(OC)c2)NC(=O)c2ccccc2)c1)C(=O)Nc1ccccc1C(N)=O. The average Bonchev–Trinajstić information content (AvgIpc) is 3.04. The van der Waals surface area contributed by atoms with Crippen molar-refractivity contribution in [3.63, 3.8) is 0 Å². The van der Waals surface area contributed by atoms with Crippen LogP contribution in [0.4, 0.5) is 11.4 Å². The Morgan fingerprint density at radius 3 is 2.32 bits per heavy atom. The van der Waals surface area contributed by atoms with E-state index in [4.69, 9.17) is 10.5 Å². The Balaban J connectivity index is 1.52. The van der Waals surface area contributed by atoms with E-state index in [2.05, 4.69) is 16.0 Å². The van der Waals surface area contributed by atoms with Crippen molar-refractivity contribution in [1.82, 2.24) is 5.32 Å². The molecule has 4 amide bonds. The third-order valence-electron chi connectivity index (χ3n) is 6.42. The maximum absolute atomic E-state index is 13.5. The minimum atomic E-state index is -0.634. The van der Waals surface area contributed by atoms with Crippen LogP contribution in [-0.2, 0) is 9.59 Å². The quantitative estimate of drug-likeness (QED) is 0.120. The zero-order valence-corrected chi connectivity index (χ0v) is 25.0. The lowest BCUT2D eigenvalue weighted by molar-refractivity contribution is -0.116. The van der Waals surface area contributed by atoms with Gasteiger partial charge in [0.05, 0.1) is 23.6 Å². The third kappa shape index (κ3) is 8.59. The number of primary amides is 1. The molecule has 224 valence electrons. The molecule has 4 aromatic carbocycles. The normalized spacial score (nSPS) is 11.6. The van der Waals surface area contributed by atoms with Crippen molar-refractivity contribution in [3.8, 4) is 5.75 Å². The molecule has 0 spiro atoms. The van der Waals surface area contributed by atoms with E-state index in [0.29, 0.717) is 34.7 Å². The Labute approximate surface area is 259 Å². The molecule has 0 aliphatic heterocycles. The number of benzene rings is 4. The van der Waals surface area contributed by atoms with E-state index in [1.165, 1.54) is 11.8 Å². The molecular weight excluding hydrogens is 576 g/mol. The molecule has 44 heavy (non-hydrogen) atoms. The number of methoxy groups -OCH3 is 1. The Morgan fingerprint density at radius 2 is 1.59 bits per heavy atom. The van der Waals surface area contributed by atoms with Gasteiger partial charge in [0.15, 0.2) is 0 Å². The van der Waals surface area contributed by atoms with Crippen LogP contribution in [0.2, 0.25) is 0 Å². The van der Waals surface area contributed by atoms with Gasteiger partial charge < -0.3 is 26.4 Å². The lowest BCUT2D eigenvalue weighted by Crippen LogP contribution is -2.30. The van der Waals surface area contributed by atoms with Crippen LogP contribution in [0.5, 0.6) is 5.75 Å². The summed E-state index contributed by atoms with van der Waals surface area (Å²) in [7, 11) is 1.55. The third-order valence-corrected chi connectivity index (χ3v) is 7.78. The van der Waals surface area contributed by atoms with Crippen molar-refractivity contribution in [1.29, 1.82) is 0 Å². The highest BCUT2D eigenvalue weighted by atomic mass is 32.2. The van der Waals surface area contributed by atoms with Gasteiger partial charge in [-0.15, -0.1) is 11.8 Å². The molecule has 4 aromatic rings. The number of hydrogen-bond acceptors (Lipinski definition) is 6. The summed E-state index contributed by atoms with van der Waals surface area (Å²) in [5.74, 6) is -1.29. The molecule has 0 fully saturated rings. The van der Waals surface area contributed by atoms with Gasteiger partial charge in [-0.05, 0) is 72.7 Å². The van der Waals surface area contributed by atoms with E-state index >= 15 is 0 Å². The van der Waals surface area contributed by atoms with Gasteiger partial charge in [0.2, 0.25) is 5.91 Å². The van der Waals surface area contributed by atoms with Gasteiger partial charge in [-0.2, -0.15) is 0 Å². The zero-order chi connectivity index (χ0) is 31.5. The molecule has 1 atom stereocenters. The second-order valence-electron chi connectivity index (χ2n) is 9.55. The summed E-state index contributed by atoms with van der Waals surface area (Å²) < 4.78 is 5.29. The molecule has 0 saturated carbocycles. The lowest BCUT2D eigenvalue weighted by atomic mass is 10.1. The van der Waals surface area contributed by atoms with Crippen LogP contribution in [-0.4, -0.2) is 36.0 Å². The Hall–Kier alpha value is -5.35. The van der Waals surface area contributed by atoms with E-state index in [9.17, 15) is 19.2 Å². The van der Waals surface area contributed by atoms with Gasteiger partial charge in [0, 0.05) is 16.1 Å². The van der Waals surface area contributed by atoms with Crippen molar-refractivity contribution in [2.75, 3.05) is 17.7 Å². The molecular formula is C34H32N4O5S. The number of nitrogens with two attached hydrogens (primary N) is 1. The van der Waals surface area contributed by atoms with E-state index in [0.717, 1.165) is 4.90 Å². The van der Waals surface area contributed by atoms with E-state index in [1.807, 2.05) is 13.0 Å². The van der Waals surface area contributed by atoms with Gasteiger partial charge in [0.1, 0.15) is 11.4 Å². The molecule has 0 aliphatic carbocycles. The molecule has 0 saturated heterocycles. The van der Waals surface area contributed by atoms with Crippen molar-refractivity contribution >= 4 is 52.8 Å².